The molecule has 0 unspecified atom stereocenters. The molecule has 3 aromatic rings. The third kappa shape index (κ3) is 6.68. The third-order valence-electron chi connectivity index (χ3n) is 8.70. The number of alkyl halides is 1. The van der Waals surface area contributed by atoms with Crippen molar-refractivity contribution >= 4 is 23.2 Å². The van der Waals surface area contributed by atoms with Gasteiger partial charge in [0.05, 0.1) is 31.4 Å². The first-order chi connectivity index (χ1) is 21.7. The number of nitrogens with zero attached hydrogens (tertiary/aromatic N) is 7. The summed E-state index contributed by atoms with van der Waals surface area (Å²) in [6.45, 7) is 8.64. The fraction of sp³-hybridized carbons (Fsp3) is 0.469. The molecular weight excluding hydrogens is 579 g/mol. The first-order valence-corrected chi connectivity index (χ1v) is 15.1. The molecule has 2 aromatic carbocycles. The van der Waals surface area contributed by atoms with Crippen molar-refractivity contribution in [2.45, 2.75) is 32.2 Å². The first-order valence-electron chi connectivity index (χ1n) is 15.1. The van der Waals surface area contributed by atoms with Crippen molar-refractivity contribution in [3.63, 3.8) is 0 Å². The second kappa shape index (κ2) is 12.9. The lowest BCUT2D eigenvalue weighted by Crippen LogP contribution is -2.59. The summed E-state index contributed by atoms with van der Waals surface area (Å²) >= 11 is 0. The Kier molecular flexibility index (Phi) is 8.80. The summed E-state index contributed by atoms with van der Waals surface area (Å²) in [5.41, 5.74) is 2.02. The molecule has 3 saturated heterocycles. The number of aromatic nitrogens is 3. The number of ether oxygens (including phenoxy) is 2. The van der Waals surface area contributed by atoms with Crippen LogP contribution in [0.1, 0.15) is 19.4 Å². The first kappa shape index (κ1) is 30.6. The minimum Gasteiger partial charge on any atom is -0.485 e. The van der Waals surface area contributed by atoms with E-state index in [1.54, 1.807) is 32.0 Å². The summed E-state index contributed by atoms with van der Waals surface area (Å²) in [7, 11) is 0. The number of aliphatic hydroxyl groups excluding tert-OH is 1. The maximum absolute atomic E-state index is 15.2. The van der Waals surface area contributed by atoms with Crippen molar-refractivity contribution in [3.05, 3.63) is 54.4 Å². The molecule has 0 saturated carbocycles. The molecule has 236 valence electrons. The lowest BCUT2D eigenvalue weighted by molar-refractivity contribution is -0.144. The molecular formula is C32H37FN8O4. The number of carbonyl (C=O) groups is 1. The lowest BCUT2D eigenvalue weighted by Gasteiger charge is -2.45. The largest absolute Gasteiger partial charge is 0.485 e. The maximum atomic E-state index is 15.2. The molecule has 0 bridgehead atoms. The van der Waals surface area contributed by atoms with Crippen LogP contribution in [0.25, 0.3) is 11.4 Å². The summed E-state index contributed by atoms with van der Waals surface area (Å²) in [4.78, 5) is 31.3. The predicted octanol–water partition coefficient (Wildman–Crippen LogP) is 2.62. The second-order valence-corrected chi connectivity index (χ2v) is 12.3. The Morgan fingerprint density at radius 3 is 2.56 bits per heavy atom. The number of amides is 1. The molecule has 1 aromatic heterocycles. The number of likely N-dealkylation sites (tertiary alicyclic amines) is 1. The second-order valence-electron chi connectivity index (χ2n) is 12.3. The van der Waals surface area contributed by atoms with Crippen LogP contribution in [0.3, 0.4) is 0 Å². The molecule has 3 aliphatic rings. The Labute approximate surface area is 261 Å². The monoisotopic (exact) mass is 616 g/mol. The molecule has 45 heavy (non-hydrogen) atoms. The minimum atomic E-state index is -1.50. The van der Waals surface area contributed by atoms with E-state index in [4.69, 9.17) is 9.47 Å². The Balaban J connectivity index is 1.11. The summed E-state index contributed by atoms with van der Waals surface area (Å²) in [5, 5.41) is 22.3. The molecule has 0 spiro atoms. The van der Waals surface area contributed by atoms with Crippen molar-refractivity contribution in [3.8, 4) is 23.2 Å². The number of piperazine rings is 1. The van der Waals surface area contributed by atoms with Crippen LogP contribution >= 0.6 is 0 Å². The molecule has 0 aliphatic carbocycles. The highest BCUT2D eigenvalue weighted by Gasteiger charge is 2.46. The number of hydrogen-bond donors (Lipinski definition) is 2. The van der Waals surface area contributed by atoms with Gasteiger partial charge in [-0.3, -0.25) is 9.69 Å². The Morgan fingerprint density at radius 2 is 1.91 bits per heavy atom. The number of aliphatic hydroxyl groups is 1. The maximum Gasteiger partial charge on any atom is 0.248 e. The molecule has 0 radical (unpaired) electrons. The highest BCUT2D eigenvalue weighted by molar-refractivity contribution is 5.77. The molecule has 12 nitrogen and oxygen atoms in total. The van der Waals surface area contributed by atoms with Crippen LogP contribution in [0, 0.1) is 16.7 Å². The van der Waals surface area contributed by atoms with Gasteiger partial charge in [-0.1, -0.05) is 13.8 Å². The van der Waals surface area contributed by atoms with E-state index in [2.05, 4.69) is 48.3 Å². The Bertz CT molecular complexity index is 1550. The molecule has 3 fully saturated rings. The number of nitrogens with one attached hydrogen (secondary N) is 1. The molecule has 1 amide bonds. The topological polar surface area (TPSA) is 140 Å². The molecule has 13 heteroatoms. The zero-order valence-electron chi connectivity index (χ0n) is 25.4. The van der Waals surface area contributed by atoms with Gasteiger partial charge in [-0.25, -0.2) is 14.4 Å². The number of carbonyl (C=O) groups excluding carboxylic acids is 1. The van der Waals surface area contributed by atoms with Crippen LogP contribution in [-0.4, -0.2) is 113 Å². The zero-order chi connectivity index (χ0) is 31.6. The van der Waals surface area contributed by atoms with Crippen LogP contribution in [0.15, 0.2) is 48.8 Å². The highest BCUT2D eigenvalue weighted by atomic mass is 19.1. The van der Waals surface area contributed by atoms with Crippen molar-refractivity contribution < 1.29 is 23.8 Å². The lowest BCUT2D eigenvalue weighted by atomic mass is 9.80. The van der Waals surface area contributed by atoms with E-state index in [0.717, 1.165) is 45.1 Å². The summed E-state index contributed by atoms with van der Waals surface area (Å²) in [6, 6.07) is 15.8. The predicted molar refractivity (Wildman–Crippen MR) is 165 cm³/mol. The van der Waals surface area contributed by atoms with E-state index in [1.807, 2.05) is 12.1 Å². The Morgan fingerprint density at radius 1 is 1.16 bits per heavy atom. The Hall–Kier alpha value is -4.38. The van der Waals surface area contributed by atoms with Crippen molar-refractivity contribution in [1.82, 2.24) is 24.8 Å². The van der Waals surface area contributed by atoms with Crippen molar-refractivity contribution in [2.75, 3.05) is 69.3 Å². The fourth-order valence-corrected chi connectivity index (χ4v) is 6.12. The highest BCUT2D eigenvalue weighted by Crippen LogP contribution is 2.36. The van der Waals surface area contributed by atoms with Gasteiger partial charge < -0.3 is 29.7 Å². The number of piperidine rings is 1. The average Bonchev–Trinajstić information content (AvgIpc) is 3.02. The van der Waals surface area contributed by atoms with Crippen LogP contribution in [0.4, 0.5) is 21.7 Å². The van der Waals surface area contributed by atoms with Gasteiger partial charge in [0.1, 0.15) is 30.9 Å². The van der Waals surface area contributed by atoms with Gasteiger partial charge in [0, 0.05) is 55.1 Å². The van der Waals surface area contributed by atoms with E-state index >= 15 is 4.39 Å². The van der Waals surface area contributed by atoms with Crippen LogP contribution < -0.4 is 15.0 Å². The molecule has 6 rings (SSSR count). The van der Waals surface area contributed by atoms with Crippen LogP contribution in [0.2, 0.25) is 0 Å². The van der Waals surface area contributed by atoms with Gasteiger partial charge in [-0.2, -0.15) is 10.2 Å². The number of nitriles is 1. The van der Waals surface area contributed by atoms with Crippen LogP contribution in [0.5, 0.6) is 5.75 Å². The summed E-state index contributed by atoms with van der Waals surface area (Å²) in [5.74, 6) is 0.421. The van der Waals surface area contributed by atoms with E-state index in [9.17, 15) is 15.2 Å². The third-order valence-corrected chi connectivity index (χ3v) is 8.70. The molecule has 2 N–H and O–H groups in total. The number of halogens is 1. The van der Waals surface area contributed by atoms with E-state index in [-0.39, 0.29) is 24.4 Å². The fourth-order valence-electron chi connectivity index (χ4n) is 6.12. The average molecular weight is 617 g/mol. The number of rotatable bonds is 8. The number of hydrogen-bond acceptors (Lipinski definition) is 11. The molecule has 2 atom stereocenters. The summed E-state index contributed by atoms with van der Waals surface area (Å²) < 4.78 is 26.6. The molecule has 4 heterocycles. The van der Waals surface area contributed by atoms with E-state index in [0.29, 0.717) is 23.4 Å². The SMILES string of the molecule is CC1(C)CN(C(=O)CO)C[C@@H](F)[C@@H]1Oc1ccc(-c2ncnc(Nc3ccc(N4CCN(C5COC5)CC4)cc3)n2)cc1C#N. The smallest absolute Gasteiger partial charge is 0.248 e. The zero-order valence-corrected chi connectivity index (χ0v) is 25.4. The number of anilines is 3. The normalized spacial score (nSPS) is 21.9. The van der Waals surface area contributed by atoms with Crippen LogP contribution in [-0.2, 0) is 9.53 Å². The van der Waals surface area contributed by atoms with Crippen molar-refractivity contribution in [2.24, 2.45) is 5.41 Å². The van der Waals surface area contributed by atoms with Gasteiger partial charge in [-0.15, -0.1) is 0 Å². The van der Waals surface area contributed by atoms with Gasteiger partial charge in [0.2, 0.25) is 11.9 Å². The van der Waals surface area contributed by atoms with Gasteiger partial charge in [0.25, 0.3) is 0 Å². The van der Waals surface area contributed by atoms with Gasteiger partial charge >= 0.3 is 0 Å². The van der Waals surface area contributed by atoms with Gasteiger partial charge in [0.15, 0.2) is 12.0 Å². The summed E-state index contributed by atoms with van der Waals surface area (Å²) in [6.07, 6.45) is -0.996. The molecule has 3 aliphatic heterocycles. The van der Waals surface area contributed by atoms with Crippen molar-refractivity contribution in [1.29, 1.82) is 5.26 Å². The minimum absolute atomic E-state index is 0.190. The standard InChI is InChI=1S/C32H37FN8O4/c1-32(2)19-41(28(43)16-42)15-26(33)29(32)45-27-8-3-21(13-22(27)14-34)30-35-20-36-31(38-30)37-23-4-6-24(7-5-23)39-9-11-40(12-10-39)25-17-44-18-25/h3-8,13,20,25-26,29,42H,9-12,15-19H2,1-2H3,(H,35,36,37,38)/t26-,29+/m1/s1. The van der Waals surface area contributed by atoms with E-state index in [1.165, 1.54) is 16.9 Å². The quantitative estimate of drug-likeness (QED) is 0.386. The number of benzene rings is 2. The van der Waals surface area contributed by atoms with Gasteiger partial charge in [-0.05, 0) is 42.5 Å². The van der Waals surface area contributed by atoms with E-state index < -0.39 is 30.2 Å².